The number of hydrogen-bond acceptors (Lipinski definition) is 4. The van der Waals surface area contributed by atoms with Crippen molar-refractivity contribution in [3.8, 4) is 0 Å². The van der Waals surface area contributed by atoms with E-state index in [9.17, 15) is 0 Å². The molecule has 2 rings (SSSR count). The quantitative estimate of drug-likeness (QED) is 0.576. The van der Waals surface area contributed by atoms with Gasteiger partial charge in [-0.1, -0.05) is 6.92 Å². The molecule has 4 heteroatoms. The molecule has 0 aliphatic carbocycles. The van der Waals surface area contributed by atoms with Crippen LogP contribution in [0.1, 0.15) is 37.3 Å². The molecule has 0 aromatic heterocycles. The summed E-state index contributed by atoms with van der Waals surface area (Å²) in [5.74, 6) is 0. The van der Waals surface area contributed by atoms with E-state index >= 15 is 0 Å². The van der Waals surface area contributed by atoms with Gasteiger partial charge in [0.15, 0.2) is 0 Å². The molecule has 4 nitrogen and oxygen atoms in total. The van der Waals surface area contributed by atoms with E-state index in [2.05, 4.69) is 23.2 Å². The third-order valence-electron chi connectivity index (χ3n) is 4.10. The van der Waals surface area contributed by atoms with Crippen molar-refractivity contribution in [3.05, 3.63) is 29.5 Å². The standard InChI is InChI=1S/C17H26N4/c1-3-13-9-17(21-7-5-4-6-8-21)15(10-16(13)19)14(11-18)12-20-2/h9-12,18,20H,3-8,19H2,1-2H3/b14-12+,18-11?. The zero-order valence-electron chi connectivity index (χ0n) is 13.1. The van der Waals surface area contributed by atoms with Crippen molar-refractivity contribution in [1.29, 1.82) is 5.41 Å². The van der Waals surface area contributed by atoms with Crippen LogP contribution < -0.4 is 16.0 Å². The molecule has 21 heavy (non-hydrogen) atoms. The summed E-state index contributed by atoms with van der Waals surface area (Å²) in [5, 5.41) is 10.7. The first-order valence-electron chi connectivity index (χ1n) is 7.76. The minimum atomic E-state index is 0.817. The third-order valence-corrected chi connectivity index (χ3v) is 4.10. The van der Waals surface area contributed by atoms with Crippen LogP contribution in [0.4, 0.5) is 11.4 Å². The molecule has 1 aromatic carbocycles. The highest BCUT2D eigenvalue weighted by molar-refractivity contribution is 6.11. The smallest absolute Gasteiger partial charge is 0.0451 e. The van der Waals surface area contributed by atoms with Gasteiger partial charge in [-0.05, 0) is 43.4 Å². The van der Waals surface area contributed by atoms with Gasteiger partial charge in [0.2, 0.25) is 0 Å². The fourth-order valence-corrected chi connectivity index (χ4v) is 2.93. The second-order valence-corrected chi connectivity index (χ2v) is 5.50. The Morgan fingerprint density at radius 2 is 2.05 bits per heavy atom. The summed E-state index contributed by atoms with van der Waals surface area (Å²) < 4.78 is 0. The topological polar surface area (TPSA) is 65.1 Å². The molecule has 1 fully saturated rings. The van der Waals surface area contributed by atoms with Gasteiger partial charge in [0.05, 0.1) is 0 Å². The number of rotatable bonds is 5. The van der Waals surface area contributed by atoms with E-state index in [1.165, 1.54) is 36.7 Å². The zero-order chi connectivity index (χ0) is 15.2. The number of nitrogens with zero attached hydrogens (tertiary/aromatic N) is 1. The zero-order valence-corrected chi connectivity index (χ0v) is 13.1. The molecule has 0 bridgehead atoms. The van der Waals surface area contributed by atoms with Crippen molar-refractivity contribution in [2.75, 3.05) is 30.8 Å². The minimum Gasteiger partial charge on any atom is -0.398 e. The number of hydrogen-bond donors (Lipinski definition) is 3. The molecule has 0 unspecified atom stereocenters. The largest absolute Gasteiger partial charge is 0.398 e. The summed E-state index contributed by atoms with van der Waals surface area (Å²) in [7, 11) is 1.85. The maximum Gasteiger partial charge on any atom is 0.0451 e. The van der Waals surface area contributed by atoms with E-state index in [0.29, 0.717) is 0 Å². The van der Waals surface area contributed by atoms with Crippen molar-refractivity contribution in [3.63, 3.8) is 0 Å². The molecule has 0 spiro atoms. The molecule has 1 aliphatic rings. The van der Waals surface area contributed by atoms with Gasteiger partial charge in [0, 0.05) is 55.1 Å². The molecule has 4 N–H and O–H groups in total. The summed E-state index contributed by atoms with van der Waals surface area (Å²) in [6.45, 7) is 4.31. The number of nitrogens with one attached hydrogen (secondary N) is 2. The van der Waals surface area contributed by atoms with Crippen LogP contribution >= 0.6 is 0 Å². The van der Waals surface area contributed by atoms with Gasteiger partial charge in [0.25, 0.3) is 0 Å². The molecule has 0 saturated carbocycles. The Balaban J connectivity index is 2.52. The van der Waals surface area contributed by atoms with Crippen LogP contribution in [-0.4, -0.2) is 26.4 Å². The highest BCUT2D eigenvalue weighted by atomic mass is 15.1. The number of anilines is 2. The number of nitrogens with two attached hydrogens (primary N) is 1. The van der Waals surface area contributed by atoms with Crippen molar-refractivity contribution in [1.82, 2.24) is 5.32 Å². The van der Waals surface area contributed by atoms with E-state index in [1.807, 2.05) is 19.3 Å². The van der Waals surface area contributed by atoms with Crippen molar-refractivity contribution >= 4 is 23.2 Å². The first-order chi connectivity index (χ1) is 10.2. The Morgan fingerprint density at radius 3 is 2.62 bits per heavy atom. The number of benzene rings is 1. The van der Waals surface area contributed by atoms with Crippen LogP contribution in [0.2, 0.25) is 0 Å². The van der Waals surface area contributed by atoms with Crippen LogP contribution in [0.3, 0.4) is 0 Å². The van der Waals surface area contributed by atoms with E-state index in [1.54, 1.807) is 0 Å². The van der Waals surface area contributed by atoms with Crippen LogP contribution in [-0.2, 0) is 6.42 Å². The highest BCUT2D eigenvalue weighted by Gasteiger charge is 2.18. The lowest BCUT2D eigenvalue weighted by atomic mass is 9.97. The maximum atomic E-state index is 7.69. The molecule has 1 aliphatic heterocycles. The normalized spacial score (nSPS) is 15.9. The fourth-order valence-electron chi connectivity index (χ4n) is 2.93. The number of piperidine rings is 1. The van der Waals surface area contributed by atoms with Crippen LogP contribution in [0, 0.1) is 5.41 Å². The Hall–Kier alpha value is -1.97. The molecule has 0 amide bonds. The average Bonchev–Trinajstić information content (AvgIpc) is 2.53. The average molecular weight is 286 g/mol. The lowest BCUT2D eigenvalue weighted by Crippen LogP contribution is -2.30. The minimum absolute atomic E-state index is 0.817. The Bertz CT molecular complexity index is 528. The molecule has 0 atom stereocenters. The number of nitrogen functional groups attached to an aromatic ring is 1. The van der Waals surface area contributed by atoms with Gasteiger partial charge in [0.1, 0.15) is 0 Å². The second kappa shape index (κ2) is 7.16. The van der Waals surface area contributed by atoms with Gasteiger partial charge in [-0.3, -0.25) is 0 Å². The summed E-state index contributed by atoms with van der Waals surface area (Å²) in [6.07, 6.45) is 7.97. The fraction of sp³-hybridized carbons (Fsp3) is 0.471. The predicted molar refractivity (Wildman–Crippen MR) is 92.1 cm³/mol. The highest BCUT2D eigenvalue weighted by Crippen LogP contribution is 2.33. The number of allylic oxidation sites excluding steroid dienone is 1. The first kappa shape index (κ1) is 15.4. The van der Waals surface area contributed by atoms with Crippen molar-refractivity contribution in [2.45, 2.75) is 32.6 Å². The van der Waals surface area contributed by atoms with Crippen LogP contribution in [0.5, 0.6) is 0 Å². The molecule has 1 aromatic rings. The Kier molecular flexibility index (Phi) is 5.26. The molecule has 1 saturated heterocycles. The van der Waals surface area contributed by atoms with E-state index in [-0.39, 0.29) is 0 Å². The maximum absolute atomic E-state index is 7.69. The van der Waals surface area contributed by atoms with Gasteiger partial charge in [-0.2, -0.15) is 0 Å². The molecular formula is C17H26N4. The van der Waals surface area contributed by atoms with E-state index in [0.717, 1.165) is 36.3 Å². The Labute approximate surface area is 127 Å². The van der Waals surface area contributed by atoms with Gasteiger partial charge >= 0.3 is 0 Å². The summed E-state index contributed by atoms with van der Waals surface area (Å²) >= 11 is 0. The second-order valence-electron chi connectivity index (χ2n) is 5.50. The van der Waals surface area contributed by atoms with Gasteiger partial charge in [-0.15, -0.1) is 0 Å². The van der Waals surface area contributed by atoms with Crippen LogP contribution in [0.25, 0.3) is 5.57 Å². The summed E-state index contributed by atoms with van der Waals surface area (Å²) in [4.78, 5) is 2.43. The molecular weight excluding hydrogens is 260 g/mol. The van der Waals surface area contributed by atoms with Crippen LogP contribution in [0.15, 0.2) is 18.3 Å². The van der Waals surface area contributed by atoms with Crippen molar-refractivity contribution < 1.29 is 0 Å². The van der Waals surface area contributed by atoms with E-state index in [4.69, 9.17) is 11.1 Å². The first-order valence-corrected chi connectivity index (χ1v) is 7.76. The molecule has 0 radical (unpaired) electrons. The lowest BCUT2D eigenvalue weighted by Gasteiger charge is -2.31. The van der Waals surface area contributed by atoms with Gasteiger partial charge in [-0.25, -0.2) is 0 Å². The predicted octanol–water partition coefficient (Wildman–Crippen LogP) is 3.03. The molecule has 1 heterocycles. The van der Waals surface area contributed by atoms with Crippen molar-refractivity contribution in [2.24, 2.45) is 0 Å². The monoisotopic (exact) mass is 286 g/mol. The third kappa shape index (κ3) is 3.38. The Morgan fingerprint density at radius 1 is 1.33 bits per heavy atom. The lowest BCUT2D eigenvalue weighted by molar-refractivity contribution is 0.577. The summed E-state index contributed by atoms with van der Waals surface area (Å²) in [6, 6.07) is 4.24. The molecule has 114 valence electrons. The number of aryl methyl sites for hydroxylation is 1. The SMILES string of the molecule is CCc1cc(N2CCCCC2)c(/C(C=N)=C/NC)cc1N. The van der Waals surface area contributed by atoms with Gasteiger partial charge < -0.3 is 21.4 Å². The summed E-state index contributed by atoms with van der Waals surface area (Å²) in [5.41, 5.74) is 11.3. The van der Waals surface area contributed by atoms with E-state index < -0.39 is 0 Å².